The lowest BCUT2D eigenvalue weighted by Gasteiger charge is -2.19. The molecule has 4 heterocycles. The smallest absolute Gasteiger partial charge is 0.270 e. The van der Waals surface area contributed by atoms with Gasteiger partial charge in [-0.05, 0) is 18.4 Å². The number of likely N-dealkylation sites (tertiary alicyclic amines) is 1. The van der Waals surface area contributed by atoms with E-state index in [2.05, 4.69) is 32.7 Å². The number of thiazole rings is 1. The molecule has 0 saturated carbocycles. The van der Waals surface area contributed by atoms with Crippen LogP contribution in [0.4, 0.5) is 0 Å². The number of rotatable bonds is 5. The predicted octanol–water partition coefficient (Wildman–Crippen LogP) is 2.39. The maximum Gasteiger partial charge on any atom is 0.270 e. The number of aromatic nitrogens is 1. The van der Waals surface area contributed by atoms with Crippen LogP contribution in [0.3, 0.4) is 0 Å². The molecule has 4 rings (SSSR count). The van der Waals surface area contributed by atoms with Crippen molar-refractivity contribution in [1.82, 2.24) is 15.2 Å². The van der Waals surface area contributed by atoms with Gasteiger partial charge < -0.3 is 10.1 Å². The largest absolute Gasteiger partial charge is 0.376 e. The third-order valence-corrected chi connectivity index (χ3v) is 6.49. The standard InChI is InChI=1S/C17H21N3O2S2/c1-11-19-15(10-24-11)17(21)18-5-12-9-22-16-8-20(7-14(12)16)6-13-3-2-4-23-13/h2-4,10,12,14,16H,5-9H2,1H3,(H,18,21)/t12-,14+,16+/m0/s1. The second kappa shape index (κ2) is 6.92. The Kier molecular flexibility index (Phi) is 4.67. The first-order valence-electron chi connectivity index (χ1n) is 8.25. The number of amides is 1. The van der Waals surface area contributed by atoms with Crippen molar-refractivity contribution in [2.45, 2.75) is 19.6 Å². The normalized spacial score (nSPS) is 26.6. The number of fused-ring (bicyclic) bond motifs is 1. The minimum absolute atomic E-state index is 0.0729. The molecule has 2 fully saturated rings. The Morgan fingerprint density at radius 2 is 2.38 bits per heavy atom. The summed E-state index contributed by atoms with van der Waals surface area (Å²) in [7, 11) is 0. The Hall–Kier alpha value is -1.28. The molecule has 3 atom stereocenters. The van der Waals surface area contributed by atoms with Crippen LogP contribution in [0.25, 0.3) is 0 Å². The zero-order chi connectivity index (χ0) is 16.5. The van der Waals surface area contributed by atoms with Gasteiger partial charge in [0, 0.05) is 48.3 Å². The van der Waals surface area contributed by atoms with Gasteiger partial charge in [-0.15, -0.1) is 22.7 Å². The van der Waals surface area contributed by atoms with Crippen LogP contribution in [0.5, 0.6) is 0 Å². The molecular weight excluding hydrogens is 342 g/mol. The average Bonchev–Trinajstić information content (AvgIpc) is 3.31. The maximum absolute atomic E-state index is 12.2. The van der Waals surface area contributed by atoms with E-state index >= 15 is 0 Å². The van der Waals surface area contributed by atoms with Crippen LogP contribution in [0.15, 0.2) is 22.9 Å². The first-order chi connectivity index (χ1) is 11.7. The molecule has 24 heavy (non-hydrogen) atoms. The fourth-order valence-corrected chi connectivity index (χ4v) is 4.96. The van der Waals surface area contributed by atoms with E-state index in [9.17, 15) is 4.79 Å². The van der Waals surface area contributed by atoms with E-state index in [0.717, 1.165) is 31.2 Å². The summed E-state index contributed by atoms with van der Waals surface area (Å²) in [5.41, 5.74) is 0.527. The Balaban J connectivity index is 1.30. The van der Waals surface area contributed by atoms with Crippen LogP contribution < -0.4 is 5.32 Å². The van der Waals surface area contributed by atoms with Gasteiger partial charge in [0.15, 0.2) is 0 Å². The van der Waals surface area contributed by atoms with E-state index < -0.39 is 0 Å². The van der Waals surface area contributed by atoms with Crippen molar-refractivity contribution in [3.63, 3.8) is 0 Å². The number of nitrogens with zero attached hydrogens (tertiary/aromatic N) is 2. The van der Waals surface area contributed by atoms with Crippen molar-refractivity contribution in [3.8, 4) is 0 Å². The van der Waals surface area contributed by atoms with Crippen LogP contribution in [-0.4, -0.2) is 48.1 Å². The highest BCUT2D eigenvalue weighted by molar-refractivity contribution is 7.10. The van der Waals surface area contributed by atoms with Gasteiger partial charge in [0.1, 0.15) is 5.69 Å². The Morgan fingerprint density at radius 1 is 1.46 bits per heavy atom. The van der Waals surface area contributed by atoms with Gasteiger partial charge in [-0.25, -0.2) is 4.98 Å². The summed E-state index contributed by atoms with van der Waals surface area (Å²) in [6.07, 6.45) is 0.313. The van der Waals surface area contributed by atoms with Crippen LogP contribution in [0.2, 0.25) is 0 Å². The van der Waals surface area contributed by atoms with Crippen LogP contribution in [-0.2, 0) is 11.3 Å². The molecule has 0 spiro atoms. The molecule has 2 aliphatic heterocycles. The molecule has 0 bridgehead atoms. The number of aryl methyl sites for hydroxylation is 1. The van der Waals surface area contributed by atoms with Gasteiger partial charge in [-0.1, -0.05) is 6.07 Å². The lowest BCUT2D eigenvalue weighted by Crippen LogP contribution is -2.34. The summed E-state index contributed by atoms with van der Waals surface area (Å²) >= 11 is 3.31. The first kappa shape index (κ1) is 16.2. The summed E-state index contributed by atoms with van der Waals surface area (Å²) in [5.74, 6) is 0.839. The summed E-state index contributed by atoms with van der Waals surface area (Å²) in [6, 6.07) is 4.29. The Bertz CT molecular complexity index is 701. The van der Waals surface area contributed by atoms with Gasteiger partial charge in [0.2, 0.25) is 0 Å². The first-order valence-corrected chi connectivity index (χ1v) is 10.0. The minimum Gasteiger partial charge on any atom is -0.376 e. The topological polar surface area (TPSA) is 54.5 Å². The molecule has 2 aromatic rings. The zero-order valence-electron chi connectivity index (χ0n) is 13.6. The lowest BCUT2D eigenvalue weighted by molar-refractivity contribution is 0.0902. The summed E-state index contributed by atoms with van der Waals surface area (Å²) in [4.78, 5) is 20.3. The summed E-state index contributed by atoms with van der Waals surface area (Å²) in [5, 5.41) is 7.90. The van der Waals surface area contributed by atoms with Gasteiger partial charge in [-0.2, -0.15) is 0 Å². The third-order valence-electron chi connectivity index (χ3n) is 4.85. The highest BCUT2D eigenvalue weighted by Crippen LogP contribution is 2.34. The molecule has 1 N–H and O–H groups in total. The van der Waals surface area contributed by atoms with Gasteiger partial charge in [0.05, 0.1) is 17.7 Å². The zero-order valence-corrected chi connectivity index (χ0v) is 15.2. The minimum atomic E-state index is -0.0729. The quantitative estimate of drug-likeness (QED) is 0.886. The van der Waals surface area contributed by atoms with Crippen molar-refractivity contribution >= 4 is 28.6 Å². The van der Waals surface area contributed by atoms with Crippen molar-refractivity contribution in [2.75, 3.05) is 26.2 Å². The molecule has 2 aliphatic rings. The number of nitrogens with one attached hydrogen (secondary N) is 1. The van der Waals surface area contributed by atoms with E-state index in [4.69, 9.17) is 4.74 Å². The molecule has 2 aromatic heterocycles. The monoisotopic (exact) mass is 363 g/mol. The fraction of sp³-hybridized carbons (Fsp3) is 0.529. The molecule has 0 aromatic carbocycles. The molecular formula is C17H21N3O2S2. The van der Waals surface area contributed by atoms with Crippen LogP contribution in [0.1, 0.15) is 20.4 Å². The van der Waals surface area contributed by atoms with E-state index in [0.29, 0.717) is 30.2 Å². The lowest BCUT2D eigenvalue weighted by atomic mass is 9.93. The van der Waals surface area contributed by atoms with Gasteiger partial charge >= 0.3 is 0 Å². The Labute approximate surface area is 149 Å². The van der Waals surface area contributed by atoms with Crippen molar-refractivity contribution < 1.29 is 9.53 Å². The number of hydrogen-bond donors (Lipinski definition) is 1. The molecule has 2 saturated heterocycles. The van der Waals surface area contributed by atoms with Crippen LogP contribution in [0, 0.1) is 18.8 Å². The summed E-state index contributed by atoms with van der Waals surface area (Å²) in [6.45, 7) is 6.39. The van der Waals surface area contributed by atoms with E-state index in [1.54, 1.807) is 11.3 Å². The van der Waals surface area contributed by atoms with E-state index in [1.807, 2.05) is 12.3 Å². The molecule has 0 radical (unpaired) electrons. The highest BCUT2D eigenvalue weighted by atomic mass is 32.1. The summed E-state index contributed by atoms with van der Waals surface area (Å²) < 4.78 is 5.98. The molecule has 128 valence electrons. The SMILES string of the molecule is Cc1nc(C(=O)NC[C@H]2CO[C@@H]3CN(Cc4cccs4)C[C@H]23)cs1. The van der Waals surface area contributed by atoms with Crippen LogP contribution >= 0.6 is 22.7 Å². The highest BCUT2D eigenvalue weighted by Gasteiger charge is 2.43. The number of carbonyl (C=O) groups is 1. The number of carbonyl (C=O) groups excluding carboxylic acids is 1. The second-order valence-corrected chi connectivity index (χ2v) is 8.63. The fourth-order valence-electron chi connectivity index (χ4n) is 3.62. The molecule has 5 nitrogen and oxygen atoms in total. The number of ether oxygens (including phenoxy) is 1. The predicted molar refractivity (Wildman–Crippen MR) is 95.5 cm³/mol. The number of hydrogen-bond acceptors (Lipinski definition) is 6. The third kappa shape index (κ3) is 3.39. The molecule has 0 unspecified atom stereocenters. The van der Waals surface area contributed by atoms with Crippen molar-refractivity contribution in [1.29, 1.82) is 0 Å². The number of thiophene rings is 1. The van der Waals surface area contributed by atoms with Crippen molar-refractivity contribution in [2.24, 2.45) is 11.8 Å². The van der Waals surface area contributed by atoms with E-state index in [1.165, 1.54) is 16.2 Å². The average molecular weight is 364 g/mol. The van der Waals surface area contributed by atoms with Crippen molar-refractivity contribution in [3.05, 3.63) is 38.5 Å². The van der Waals surface area contributed by atoms with Gasteiger partial charge in [0.25, 0.3) is 5.91 Å². The Morgan fingerprint density at radius 3 is 3.12 bits per heavy atom. The molecule has 7 heteroatoms. The van der Waals surface area contributed by atoms with Gasteiger partial charge in [-0.3, -0.25) is 9.69 Å². The molecule has 1 amide bonds. The second-order valence-electron chi connectivity index (χ2n) is 6.53. The van der Waals surface area contributed by atoms with E-state index in [-0.39, 0.29) is 5.91 Å². The maximum atomic E-state index is 12.2. The molecule has 0 aliphatic carbocycles.